The number of anilines is 1. The molecule has 2 unspecified atom stereocenters. The molecule has 0 radical (unpaired) electrons. The number of rotatable bonds is 9. The third-order valence-corrected chi connectivity index (χ3v) is 6.63. The fourth-order valence-corrected chi connectivity index (χ4v) is 4.59. The second-order valence-corrected chi connectivity index (χ2v) is 8.85. The number of hydrogen-bond donors (Lipinski definition) is 4. The number of nitrogens with zero attached hydrogens (tertiary/aromatic N) is 1. The molecule has 6 nitrogen and oxygen atoms in total. The Labute approximate surface area is 185 Å². The molecule has 1 aliphatic rings. The summed E-state index contributed by atoms with van der Waals surface area (Å²) in [7, 11) is 2.17. The van der Waals surface area contributed by atoms with E-state index in [1.165, 1.54) is 43.5 Å². The third-order valence-electron chi connectivity index (χ3n) is 6.63. The molecule has 2 atom stereocenters. The average Bonchev–Trinajstić information content (AvgIpc) is 2.78. The van der Waals surface area contributed by atoms with Crippen molar-refractivity contribution in [1.29, 1.82) is 0 Å². The molecule has 6 heteroatoms. The van der Waals surface area contributed by atoms with E-state index in [-0.39, 0.29) is 11.3 Å². The minimum Gasteiger partial charge on any atom is -0.507 e. The molecule has 168 valence electrons. The summed E-state index contributed by atoms with van der Waals surface area (Å²) in [5.41, 5.74) is 7.14. The van der Waals surface area contributed by atoms with E-state index < -0.39 is 12.0 Å². The van der Waals surface area contributed by atoms with Crippen LogP contribution in [0.25, 0.3) is 0 Å². The molecule has 1 saturated carbocycles. The van der Waals surface area contributed by atoms with Gasteiger partial charge in [-0.25, -0.2) is 0 Å². The number of benzene rings is 2. The van der Waals surface area contributed by atoms with E-state index in [1.807, 2.05) is 6.07 Å². The molecule has 5 N–H and O–H groups in total. The molecule has 0 spiro atoms. The normalized spacial score (nSPS) is 20.7. The monoisotopic (exact) mass is 425 g/mol. The van der Waals surface area contributed by atoms with Crippen molar-refractivity contribution in [1.82, 2.24) is 5.32 Å². The number of aliphatic hydroxyl groups is 1. The summed E-state index contributed by atoms with van der Waals surface area (Å²) in [4.78, 5) is 13.8. The van der Waals surface area contributed by atoms with Gasteiger partial charge < -0.3 is 26.2 Å². The largest absolute Gasteiger partial charge is 0.507 e. The molecule has 1 amide bonds. The summed E-state index contributed by atoms with van der Waals surface area (Å²) in [6, 6.07) is 15.3. The summed E-state index contributed by atoms with van der Waals surface area (Å²) in [5.74, 6) is 0.428. The zero-order valence-electron chi connectivity index (χ0n) is 18.5. The molecular formula is C25H35N3O3. The zero-order valence-corrected chi connectivity index (χ0v) is 18.5. The number of phenols is 1. The second-order valence-electron chi connectivity index (χ2n) is 8.85. The van der Waals surface area contributed by atoms with Crippen LogP contribution in [-0.4, -0.2) is 42.3 Å². The predicted octanol–water partition coefficient (Wildman–Crippen LogP) is 3.45. The van der Waals surface area contributed by atoms with Gasteiger partial charge in [0, 0.05) is 31.9 Å². The first kappa shape index (κ1) is 23.1. The minimum absolute atomic E-state index is 0.0309. The lowest BCUT2D eigenvalue weighted by Gasteiger charge is -2.35. The summed E-state index contributed by atoms with van der Waals surface area (Å²) in [6.45, 7) is 3.65. The maximum absolute atomic E-state index is 11.4. The fraction of sp³-hybridized carbons (Fsp3) is 0.480. The van der Waals surface area contributed by atoms with Crippen molar-refractivity contribution in [3.05, 3.63) is 59.7 Å². The van der Waals surface area contributed by atoms with Crippen molar-refractivity contribution in [3.8, 4) is 5.75 Å². The Hall–Kier alpha value is -2.57. The maximum atomic E-state index is 11.4. The molecule has 2 aromatic rings. The van der Waals surface area contributed by atoms with Gasteiger partial charge in [-0.3, -0.25) is 4.79 Å². The molecule has 31 heavy (non-hydrogen) atoms. The lowest BCUT2D eigenvalue weighted by atomic mass is 9.78. The van der Waals surface area contributed by atoms with Crippen LogP contribution >= 0.6 is 0 Å². The molecule has 1 fully saturated rings. The van der Waals surface area contributed by atoms with Gasteiger partial charge in [0.1, 0.15) is 5.75 Å². The van der Waals surface area contributed by atoms with Crippen LogP contribution < -0.4 is 16.0 Å². The van der Waals surface area contributed by atoms with Gasteiger partial charge in [-0.1, -0.05) is 24.3 Å². The summed E-state index contributed by atoms with van der Waals surface area (Å²) in [6.07, 6.45) is 4.04. The van der Waals surface area contributed by atoms with Crippen LogP contribution in [0, 0.1) is 11.8 Å². The van der Waals surface area contributed by atoms with E-state index in [9.17, 15) is 15.0 Å². The highest BCUT2D eigenvalue weighted by Gasteiger charge is 2.26. The van der Waals surface area contributed by atoms with Crippen LogP contribution in [0.1, 0.15) is 54.6 Å². The maximum Gasteiger partial charge on any atom is 0.252 e. The van der Waals surface area contributed by atoms with E-state index in [0.29, 0.717) is 30.0 Å². The highest BCUT2D eigenvalue weighted by Crippen LogP contribution is 2.32. The smallest absolute Gasteiger partial charge is 0.252 e. The highest BCUT2D eigenvalue weighted by atomic mass is 16.3. The Morgan fingerprint density at radius 2 is 1.84 bits per heavy atom. The van der Waals surface area contributed by atoms with Crippen molar-refractivity contribution in [2.45, 2.75) is 44.8 Å². The van der Waals surface area contributed by atoms with Crippen molar-refractivity contribution in [2.75, 3.05) is 25.0 Å². The number of nitrogens with two attached hydrogens (primary N) is 1. The van der Waals surface area contributed by atoms with Crippen LogP contribution in [-0.2, 0) is 0 Å². The third kappa shape index (κ3) is 6.21. The van der Waals surface area contributed by atoms with Gasteiger partial charge in [0.05, 0.1) is 11.7 Å². The Kier molecular flexibility index (Phi) is 7.93. The van der Waals surface area contributed by atoms with Crippen LogP contribution in [0.3, 0.4) is 0 Å². The van der Waals surface area contributed by atoms with Crippen molar-refractivity contribution in [2.24, 2.45) is 17.6 Å². The van der Waals surface area contributed by atoms with Crippen LogP contribution in [0.2, 0.25) is 0 Å². The predicted molar refractivity (Wildman–Crippen MR) is 124 cm³/mol. The van der Waals surface area contributed by atoms with Gasteiger partial charge in [-0.05, 0) is 74.3 Å². The number of para-hydroxylation sites is 1. The highest BCUT2D eigenvalue weighted by molar-refractivity contribution is 5.95. The molecule has 0 aliphatic heterocycles. The van der Waals surface area contributed by atoms with Gasteiger partial charge in [0.2, 0.25) is 0 Å². The van der Waals surface area contributed by atoms with Crippen molar-refractivity contribution >= 4 is 11.6 Å². The van der Waals surface area contributed by atoms with E-state index in [1.54, 1.807) is 6.07 Å². The molecule has 1 aliphatic carbocycles. The lowest BCUT2D eigenvalue weighted by molar-refractivity contribution is 0.0997. The Balaban J connectivity index is 1.44. The summed E-state index contributed by atoms with van der Waals surface area (Å²) >= 11 is 0. The van der Waals surface area contributed by atoms with Crippen molar-refractivity contribution < 1.29 is 15.0 Å². The molecular weight excluding hydrogens is 390 g/mol. The first-order valence-electron chi connectivity index (χ1n) is 11.2. The number of amides is 1. The topological polar surface area (TPSA) is 98.8 Å². The number of carbonyl (C=O) groups is 1. The lowest BCUT2D eigenvalue weighted by Crippen LogP contribution is -2.39. The van der Waals surface area contributed by atoms with Crippen LogP contribution in [0.4, 0.5) is 5.69 Å². The Bertz CT molecular complexity index is 850. The summed E-state index contributed by atoms with van der Waals surface area (Å²) < 4.78 is 0. The molecule has 0 bridgehead atoms. The first-order valence-corrected chi connectivity index (χ1v) is 11.2. The zero-order chi connectivity index (χ0) is 22.4. The van der Waals surface area contributed by atoms with Gasteiger partial charge in [0.15, 0.2) is 0 Å². The van der Waals surface area contributed by atoms with E-state index >= 15 is 0 Å². The van der Waals surface area contributed by atoms with Crippen molar-refractivity contribution in [3.63, 3.8) is 0 Å². The molecule has 3 rings (SSSR count). The van der Waals surface area contributed by atoms with Crippen LogP contribution in [0.15, 0.2) is 48.5 Å². The van der Waals surface area contributed by atoms with Gasteiger partial charge in [-0.15, -0.1) is 0 Å². The fourth-order valence-electron chi connectivity index (χ4n) is 4.59. The van der Waals surface area contributed by atoms with E-state index in [2.05, 4.69) is 48.5 Å². The number of aliphatic hydroxyl groups excluding tert-OH is 1. The Morgan fingerprint density at radius 1 is 1.16 bits per heavy atom. The van der Waals surface area contributed by atoms with Gasteiger partial charge in [0.25, 0.3) is 5.91 Å². The number of aromatic hydroxyl groups is 1. The Morgan fingerprint density at radius 3 is 2.48 bits per heavy atom. The summed E-state index contributed by atoms with van der Waals surface area (Å²) in [5, 5.41) is 23.7. The van der Waals surface area contributed by atoms with Gasteiger partial charge in [-0.2, -0.15) is 0 Å². The number of carbonyl (C=O) groups excluding carboxylic acids is 1. The second kappa shape index (κ2) is 10.6. The molecule has 0 heterocycles. The van der Waals surface area contributed by atoms with Crippen LogP contribution in [0.5, 0.6) is 5.75 Å². The van der Waals surface area contributed by atoms with E-state index in [0.717, 1.165) is 6.54 Å². The SMILES string of the molecule is CC(NCC(O)c1ccc(O)c(C(N)=O)c1)[C@H]1CC[C@@H](CN(C)c2ccccc2)CC1. The number of nitrogens with one attached hydrogen (secondary N) is 1. The number of primary amides is 1. The average molecular weight is 426 g/mol. The quantitative estimate of drug-likeness (QED) is 0.493. The first-order chi connectivity index (χ1) is 14.8. The standard InChI is InChI=1S/C25H35N3O3/c1-17(27-15-24(30)20-12-13-23(29)22(14-20)25(26)31)19-10-8-18(9-11-19)16-28(2)21-6-4-3-5-7-21/h3-7,12-14,17-19,24,27,29-30H,8-11,15-16H2,1-2H3,(H2,26,31)/t17?,18-,19+,24?. The van der Waals surface area contributed by atoms with E-state index in [4.69, 9.17) is 5.73 Å². The number of hydrogen-bond acceptors (Lipinski definition) is 5. The minimum atomic E-state index is -0.767. The molecule has 0 saturated heterocycles. The molecule has 2 aromatic carbocycles. The van der Waals surface area contributed by atoms with Gasteiger partial charge >= 0.3 is 0 Å². The molecule has 0 aromatic heterocycles.